The van der Waals surface area contributed by atoms with Gasteiger partial charge in [-0.25, -0.2) is 0 Å². The zero-order chi connectivity index (χ0) is 16.5. The highest BCUT2D eigenvalue weighted by Gasteiger charge is 2.33. The summed E-state index contributed by atoms with van der Waals surface area (Å²) in [6.45, 7) is 0. The molecule has 0 aliphatic heterocycles. The molecule has 8 nitrogen and oxygen atoms in total. The van der Waals surface area contributed by atoms with E-state index in [9.17, 15) is 33.2 Å². The molecule has 3 N–H and O–H groups in total. The van der Waals surface area contributed by atoms with Gasteiger partial charge in [0.15, 0.2) is 5.69 Å². The minimum absolute atomic E-state index is 0.323. The van der Waals surface area contributed by atoms with Gasteiger partial charge in [0.05, 0.1) is 10.6 Å². The number of aromatic nitrogens is 2. The number of hydrogen-bond acceptors (Lipinski definition) is 5. The number of nitrogens with zero attached hydrogens (tertiary/aromatic N) is 2. The molecular weight excluding hydrogens is 309 g/mol. The van der Waals surface area contributed by atoms with E-state index in [1.165, 1.54) is 0 Å². The normalized spacial score (nSPS) is 11.2. The highest BCUT2D eigenvalue weighted by molar-refractivity contribution is 6.03. The highest BCUT2D eigenvalue weighted by Crippen LogP contribution is 2.30. The molecule has 0 saturated heterocycles. The van der Waals surface area contributed by atoms with E-state index < -0.39 is 39.8 Å². The lowest BCUT2D eigenvalue weighted by Gasteiger charge is -2.05. The number of anilines is 1. The number of phenols is 1. The standard InChI is InChI=1S/C11H7F3N4O4/c12-11(13,14)9-4-7(16-17-9)10(20)15-6-3-5(18(21)22)1-2-8(6)19/h1-4,19H,(H,15,20)(H,16,17). The molecule has 1 amide bonds. The van der Waals surface area contributed by atoms with Gasteiger partial charge in [0.25, 0.3) is 11.6 Å². The number of alkyl halides is 3. The second kappa shape index (κ2) is 5.35. The molecule has 11 heteroatoms. The van der Waals surface area contributed by atoms with Crippen LogP contribution in [0.5, 0.6) is 5.75 Å². The van der Waals surface area contributed by atoms with E-state index in [0.29, 0.717) is 6.07 Å². The van der Waals surface area contributed by atoms with E-state index in [1.54, 1.807) is 5.10 Å². The van der Waals surface area contributed by atoms with E-state index in [-0.39, 0.29) is 5.69 Å². The van der Waals surface area contributed by atoms with Gasteiger partial charge in [-0.15, -0.1) is 0 Å². The van der Waals surface area contributed by atoms with Crippen molar-refractivity contribution in [2.45, 2.75) is 6.18 Å². The van der Waals surface area contributed by atoms with Gasteiger partial charge in [-0.2, -0.15) is 18.3 Å². The Morgan fingerprint density at radius 3 is 2.59 bits per heavy atom. The number of carbonyl (C=O) groups is 1. The molecule has 0 spiro atoms. The van der Waals surface area contributed by atoms with Crippen LogP contribution in [0.1, 0.15) is 16.2 Å². The third-order valence-electron chi connectivity index (χ3n) is 2.56. The Morgan fingerprint density at radius 1 is 1.36 bits per heavy atom. The van der Waals surface area contributed by atoms with Crippen molar-refractivity contribution < 1.29 is 28.0 Å². The van der Waals surface area contributed by atoms with E-state index in [1.807, 2.05) is 5.32 Å². The summed E-state index contributed by atoms with van der Waals surface area (Å²) < 4.78 is 37.1. The van der Waals surface area contributed by atoms with Gasteiger partial charge in [0.1, 0.15) is 11.4 Å². The zero-order valence-corrected chi connectivity index (χ0v) is 10.5. The molecular formula is C11H7F3N4O4. The Hall–Kier alpha value is -3.11. The van der Waals surface area contributed by atoms with Crippen LogP contribution in [-0.2, 0) is 6.18 Å². The zero-order valence-electron chi connectivity index (χ0n) is 10.5. The summed E-state index contributed by atoms with van der Waals surface area (Å²) in [5.41, 5.74) is -2.54. The summed E-state index contributed by atoms with van der Waals surface area (Å²) in [6.07, 6.45) is -4.70. The average Bonchev–Trinajstić information content (AvgIpc) is 2.90. The van der Waals surface area contributed by atoms with Crippen molar-refractivity contribution in [1.82, 2.24) is 10.2 Å². The third-order valence-corrected chi connectivity index (χ3v) is 2.56. The predicted molar refractivity (Wildman–Crippen MR) is 66.3 cm³/mol. The molecule has 0 unspecified atom stereocenters. The number of aromatic hydroxyl groups is 1. The molecule has 1 heterocycles. The maximum Gasteiger partial charge on any atom is 0.432 e. The fraction of sp³-hybridized carbons (Fsp3) is 0.0909. The minimum atomic E-state index is -4.70. The number of rotatable bonds is 3. The SMILES string of the molecule is O=C(Nc1cc([N+](=O)[O-])ccc1O)c1cc(C(F)(F)F)[nH]n1. The number of hydrogen-bond donors (Lipinski definition) is 3. The van der Waals surface area contributed by atoms with Crippen molar-refractivity contribution in [1.29, 1.82) is 0 Å². The fourth-order valence-corrected chi connectivity index (χ4v) is 1.51. The van der Waals surface area contributed by atoms with Gasteiger partial charge < -0.3 is 10.4 Å². The fourth-order valence-electron chi connectivity index (χ4n) is 1.51. The van der Waals surface area contributed by atoms with Crippen LogP contribution >= 0.6 is 0 Å². The van der Waals surface area contributed by atoms with Gasteiger partial charge in [-0.05, 0) is 6.07 Å². The molecule has 0 bridgehead atoms. The molecule has 116 valence electrons. The molecule has 1 aromatic heterocycles. The molecule has 0 atom stereocenters. The number of nitrogens with one attached hydrogen (secondary N) is 2. The lowest BCUT2D eigenvalue weighted by molar-refractivity contribution is -0.384. The number of amides is 1. The summed E-state index contributed by atoms with van der Waals surface area (Å²) in [4.78, 5) is 21.6. The van der Waals surface area contributed by atoms with Crippen LogP contribution in [0.15, 0.2) is 24.3 Å². The van der Waals surface area contributed by atoms with Crippen molar-refractivity contribution in [3.05, 3.63) is 45.8 Å². The Balaban J connectivity index is 2.24. The number of benzene rings is 1. The quantitative estimate of drug-likeness (QED) is 0.456. The van der Waals surface area contributed by atoms with Crippen molar-refractivity contribution in [3.63, 3.8) is 0 Å². The second-order valence-corrected chi connectivity index (χ2v) is 4.08. The Bertz CT molecular complexity index is 741. The number of phenolic OH excluding ortho intramolecular Hbond substituents is 1. The first-order valence-electron chi connectivity index (χ1n) is 5.60. The number of nitro benzene ring substituents is 1. The molecule has 0 radical (unpaired) electrons. The van der Waals surface area contributed by atoms with Gasteiger partial charge in [0.2, 0.25) is 0 Å². The van der Waals surface area contributed by atoms with Gasteiger partial charge >= 0.3 is 6.18 Å². The van der Waals surface area contributed by atoms with E-state index in [2.05, 4.69) is 5.10 Å². The van der Waals surface area contributed by atoms with Crippen LogP contribution in [0.3, 0.4) is 0 Å². The third kappa shape index (κ3) is 3.13. The number of aromatic amines is 1. The van der Waals surface area contributed by atoms with E-state index >= 15 is 0 Å². The largest absolute Gasteiger partial charge is 0.506 e. The Morgan fingerprint density at radius 2 is 2.05 bits per heavy atom. The Kier molecular flexibility index (Phi) is 3.72. The number of halogens is 3. The first-order valence-corrected chi connectivity index (χ1v) is 5.60. The summed E-state index contributed by atoms with van der Waals surface area (Å²) in [5.74, 6) is -1.55. The molecule has 2 aromatic rings. The smallest absolute Gasteiger partial charge is 0.432 e. The molecule has 0 aliphatic rings. The van der Waals surface area contributed by atoms with Gasteiger partial charge in [0, 0.05) is 18.2 Å². The molecule has 2 rings (SSSR count). The average molecular weight is 316 g/mol. The summed E-state index contributed by atoms with van der Waals surface area (Å²) >= 11 is 0. The maximum atomic E-state index is 12.4. The number of non-ortho nitro benzene ring substituents is 1. The number of H-pyrrole nitrogens is 1. The van der Waals surface area contributed by atoms with Crippen molar-refractivity contribution in [2.75, 3.05) is 5.32 Å². The molecule has 22 heavy (non-hydrogen) atoms. The topological polar surface area (TPSA) is 121 Å². The lowest BCUT2D eigenvalue weighted by atomic mass is 10.2. The van der Waals surface area contributed by atoms with Gasteiger partial charge in [-0.1, -0.05) is 0 Å². The van der Waals surface area contributed by atoms with E-state index in [4.69, 9.17) is 0 Å². The first kappa shape index (κ1) is 15.3. The second-order valence-electron chi connectivity index (χ2n) is 4.08. The number of nitro groups is 1. The maximum absolute atomic E-state index is 12.4. The summed E-state index contributed by atoms with van der Waals surface area (Å²) in [7, 11) is 0. The van der Waals surface area contributed by atoms with Crippen LogP contribution < -0.4 is 5.32 Å². The molecule has 0 fully saturated rings. The molecule has 0 aliphatic carbocycles. The minimum Gasteiger partial charge on any atom is -0.506 e. The molecule has 1 aromatic carbocycles. The first-order chi connectivity index (χ1) is 10.2. The van der Waals surface area contributed by atoms with Crippen molar-refractivity contribution in [2.24, 2.45) is 0 Å². The number of carbonyl (C=O) groups excluding carboxylic acids is 1. The summed E-state index contributed by atoms with van der Waals surface area (Å²) in [6, 6.07) is 3.31. The lowest BCUT2D eigenvalue weighted by Crippen LogP contribution is -2.12. The predicted octanol–water partition coefficient (Wildman–Crippen LogP) is 2.29. The molecule has 0 saturated carbocycles. The van der Waals surface area contributed by atoms with Crippen LogP contribution in [0, 0.1) is 10.1 Å². The van der Waals surface area contributed by atoms with Crippen molar-refractivity contribution >= 4 is 17.3 Å². The van der Waals surface area contributed by atoms with Crippen LogP contribution in [0.4, 0.5) is 24.5 Å². The van der Waals surface area contributed by atoms with E-state index in [0.717, 1.165) is 18.2 Å². The van der Waals surface area contributed by atoms with Crippen LogP contribution in [-0.4, -0.2) is 26.1 Å². The summed E-state index contributed by atoms with van der Waals surface area (Å²) in [5, 5.41) is 27.0. The van der Waals surface area contributed by atoms with Crippen LogP contribution in [0.2, 0.25) is 0 Å². The van der Waals surface area contributed by atoms with Crippen molar-refractivity contribution in [3.8, 4) is 5.75 Å². The highest BCUT2D eigenvalue weighted by atomic mass is 19.4. The Labute approximate surface area is 119 Å². The monoisotopic (exact) mass is 316 g/mol. The van der Waals surface area contributed by atoms with Gasteiger partial charge in [-0.3, -0.25) is 20.0 Å². The van der Waals surface area contributed by atoms with Crippen LogP contribution in [0.25, 0.3) is 0 Å².